The molecule has 2 amide bonds. The van der Waals surface area contributed by atoms with Crippen molar-refractivity contribution in [2.45, 2.75) is 19.5 Å². The quantitative estimate of drug-likeness (QED) is 0.796. The largest absolute Gasteiger partial charge is 0.497 e. The van der Waals surface area contributed by atoms with Gasteiger partial charge in [-0.05, 0) is 31.2 Å². The van der Waals surface area contributed by atoms with Crippen LogP contribution in [0, 0.1) is 0 Å². The van der Waals surface area contributed by atoms with Gasteiger partial charge in [0, 0.05) is 5.56 Å². The lowest BCUT2D eigenvalue weighted by molar-refractivity contribution is -0.908. The molecule has 0 heterocycles. The van der Waals surface area contributed by atoms with Crippen LogP contribution in [0.25, 0.3) is 0 Å². The third kappa shape index (κ3) is 4.55. The van der Waals surface area contributed by atoms with Crippen molar-refractivity contribution in [1.29, 1.82) is 0 Å². The molecule has 0 aliphatic carbocycles. The van der Waals surface area contributed by atoms with E-state index in [0.29, 0.717) is 6.54 Å². The molecule has 0 fully saturated rings. The van der Waals surface area contributed by atoms with Gasteiger partial charge >= 0.3 is 6.09 Å². The standard InChI is InChI=1S/C14H20N2O4/c1-10(13(17)15-14(18)20-4)16(2)9-11-5-7-12(19-3)8-6-11/h5-8,10H,9H2,1-4H3,(H,15,17,18)/p+1/t10-/m1/s1. The Morgan fingerprint density at radius 1 is 1.25 bits per heavy atom. The van der Waals surface area contributed by atoms with Crippen molar-refractivity contribution in [1.82, 2.24) is 5.32 Å². The maximum atomic E-state index is 11.8. The Labute approximate surface area is 118 Å². The molecule has 6 nitrogen and oxygen atoms in total. The van der Waals surface area contributed by atoms with Crippen LogP contribution in [-0.4, -0.2) is 39.3 Å². The molecule has 2 N–H and O–H groups in total. The first kappa shape index (κ1) is 16.0. The zero-order valence-electron chi connectivity index (χ0n) is 12.2. The Morgan fingerprint density at radius 3 is 2.35 bits per heavy atom. The molecule has 110 valence electrons. The zero-order valence-corrected chi connectivity index (χ0v) is 12.2. The van der Waals surface area contributed by atoms with Gasteiger partial charge in [0.15, 0.2) is 6.04 Å². The lowest BCUT2D eigenvalue weighted by atomic mass is 10.2. The molecule has 1 aromatic carbocycles. The van der Waals surface area contributed by atoms with Crippen LogP contribution in [-0.2, 0) is 16.1 Å². The second-order valence-electron chi connectivity index (χ2n) is 4.57. The highest BCUT2D eigenvalue weighted by Crippen LogP contribution is 2.10. The van der Waals surface area contributed by atoms with Crippen LogP contribution in [0.3, 0.4) is 0 Å². The molecule has 0 aromatic heterocycles. The molecule has 6 heteroatoms. The number of carbonyl (C=O) groups excluding carboxylic acids is 2. The zero-order chi connectivity index (χ0) is 15.1. The second-order valence-corrected chi connectivity index (χ2v) is 4.57. The molecule has 0 saturated carbocycles. The van der Waals surface area contributed by atoms with Crippen LogP contribution in [0.1, 0.15) is 12.5 Å². The highest BCUT2D eigenvalue weighted by Gasteiger charge is 2.23. The summed E-state index contributed by atoms with van der Waals surface area (Å²) in [7, 11) is 4.73. The average Bonchev–Trinajstić information content (AvgIpc) is 2.46. The summed E-state index contributed by atoms with van der Waals surface area (Å²) in [5, 5.41) is 2.17. The van der Waals surface area contributed by atoms with Gasteiger partial charge in [-0.1, -0.05) is 0 Å². The summed E-state index contributed by atoms with van der Waals surface area (Å²) in [4.78, 5) is 23.8. The van der Waals surface area contributed by atoms with Gasteiger partial charge < -0.3 is 14.4 Å². The number of amides is 2. The predicted molar refractivity (Wildman–Crippen MR) is 73.6 cm³/mol. The first-order valence-corrected chi connectivity index (χ1v) is 6.32. The number of likely N-dealkylation sites (N-methyl/N-ethyl adjacent to an activating group) is 1. The van der Waals surface area contributed by atoms with Crippen LogP contribution >= 0.6 is 0 Å². The Balaban J connectivity index is 2.57. The molecule has 1 rings (SSSR count). The molecule has 1 aromatic rings. The molecule has 0 spiro atoms. The minimum Gasteiger partial charge on any atom is -0.497 e. The molecule has 0 bridgehead atoms. The van der Waals surface area contributed by atoms with Crippen LogP contribution in [0.4, 0.5) is 4.79 Å². The minimum absolute atomic E-state index is 0.358. The van der Waals surface area contributed by atoms with E-state index in [1.54, 1.807) is 14.0 Å². The monoisotopic (exact) mass is 281 g/mol. The summed E-state index contributed by atoms with van der Waals surface area (Å²) >= 11 is 0. The van der Waals surface area contributed by atoms with E-state index in [9.17, 15) is 9.59 Å². The number of quaternary nitrogens is 1. The number of hydrogen-bond donors (Lipinski definition) is 2. The second kappa shape index (κ2) is 7.49. The van der Waals surface area contributed by atoms with E-state index in [4.69, 9.17) is 4.74 Å². The SMILES string of the molecule is COC(=O)NC(=O)[C@@H](C)[NH+](C)Cc1ccc(OC)cc1. The van der Waals surface area contributed by atoms with Gasteiger partial charge in [0.2, 0.25) is 0 Å². The highest BCUT2D eigenvalue weighted by molar-refractivity contribution is 5.93. The lowest BCUT2D eigenvalue weighted by Gasteiger charge is -2.20. The average molecular weight is 281 g/mol. The maximum Gasteiger partial charge on any atom is 0.413 e. The molecule has 2 atom stereocenters. The number of ether oxygens (including phenoxy) is 2. The van der Waals surface area contributed by atoms with E-state index < -0.39 is 6.09 Å². The van der Waals surface area contributed by atoms with E-state index in [-0.39, 0.29) is 11.9 Å². The topological polar surface area (TPSA) is 69.1 Å². The Morgan fingerprint density at radius 2 is 1.85 bits per heavy atom. The molecule has 0 saturated heterocycles. The third-order valence-corrected chi connectivity index (χ3v) is 3.19. The minimum atomic E-state index is -0.737. The molecular weight excluding hydrogens is 260 g/mol. The predicted octanol–water partition coefficient (Wildman–Crippen LogP) is -0.0190. The lowest BCUT2D eigenvalue weighted by Crippen LogP contribution is -3.12. The van der Waals surface area contributed by atoms with Gasteiger partial charge in [-0.25, -0.2) is 4.79 Å². The molecular formula is C14H21N2O4+. The van der Waals surface area contributed by atoms with Crippen LogP contribution in [0.15, 0.2) is 24.3 Å². The van der Waals surface area contributed by atoms with Crippen molar-refractivity contribution in [2.24, 2.45) is 0 Å². The summed E-state index contributed by atoms with van der Waals surface area (Å²) in [6, 6.07) is 7.29. The van der Waals surface area contributed by atoms with Crippen LogP contribution < -0.4 is 15.0 Å². The Bertz CT molecular complexity index is 459. The van der Waals surface area contributed by atoms with E-state index in [2.05, 4.69) is 10.1 Å². The fraction of sp³-hybridized carbons (Fsp3) is 0.429. The first-order chi connectivity index (χ1) is 9.47. The number of hydrogen-bond acceptors (Lipinski definition) is 4. The third-order valence-electron chi connectivity index (χ3n) is 3.19. The van der Waals surface area contributed by atoms with Crippen molar-refractivity contribution in [2.75, 3.05) is 21.3 Å². The van der Waals surface area contributed by atoms with Gasteiger partial charge in [0.25, 0.3) is 5.91 Å². The summed E-state index contributed by atoms with van der Waals surface area (Å²) in [6.45, 7) is 2.43. The number of carbonyl (C=O) groups is 2. The molecule has 20 heavy (non-hydrogen) atoms. The van der Waals surface area contributed by atoms with Gasteiger partial charge in [-0.15, -0.1) is 0 Å². The van der Waals surface area contributed by atoms with E-state index in [0.717, 1.165) is 16.2 Å². The Kier molecular flexibility index (Phi) is 5.99. The fourth-order valence-electron chi connectivity index (χ4n) is 1.70. The summed E-state index contributed by atoms with van der Waals surface area (Å²) < 4.78 is 9.49. The fourth-order valence-corrected chi connectivity index (χ4v) is 1.70. The smallest absolute Gasteiger partial charge is 0.413 e. The molecule has 0 aliphatic rings. The van der Waals surface area contributed by atoms with Crippen molar-refractivity contribution in [3.8, 4) is 5.75 Å². The van der Waals surface area contributed by atoms with Gasteiger partial charge in [-0.3, -0.25) is 10.1 Å². The Hall–Kier alpha value is -2.08. The summed E-state index contributed by atoms with van der Waals surface area (Å²) in [6.07, 6.45) is -0.737. The number of alkyl carbamates (subject to hydrolysis) is 1. The van der Waals surface area contributed by atoms with Crippen LogP contribution in [0.2, 0.25) is 0 Å². The number of benzene rings is 1. The summed E-state index contributed by atoms with van der Waals surface area (Å²) in [5.74, 6) is 0.436. The number of nitrogens with one attached hydrogen (secondary N) is 2. The van der Waals surface area contributed by atoms with Gasteiger partial charge in [0.1, 0.15) is 12.3 Å². The molecule has 1 unspecified atom stereocenters. The van der Waals surface area contributed by atoms with Crippen molar-refractivity contribution in [3.05, 3.63) is 29.8 Å². The maximum absolute atomic E-state index is 11.8. The molecule has 0 radical (unpaired) electrons. The van der Waals surface area contributed by atoms with Gasteiger partial charge in [-0.2, -0.15) is 0 Å². The highest BCUT2D eigenvalue weighted by atomic mass is 16.5. The normalized spacial score (nSPS) is 13.2. The van der Waals surface area contributed by atoms with Crippen molar-refractivity contribution >= 4 is 12.0 Å². The number of imide groups is 1. The van der Waals surface area contributed by atoms with E-state index in [1.165, 1.54) is 7.11 Å². The van der Waals surface area contributed by atoms with Crippen molar-refractivity contribution in [3.63, 3.8) is 0 Å². The number of rotatable bonds is 5. The van der Waals surface area contributed by atoms with E-state index >= 15 is 0 Å². The first-order valence-electron chi connectivity index (χ1n) is 6.32. The molecule has 0 aliphatic heterocycles. The van der Waals surface area contributed by atoms with E-state index in [1.807, 2.05) is 31.3 Å². The van der Waals surface area contributed by atoms with Crippen LogP contribution in [0.5, 0.6) is 5.75 Å². The van der Waals surface area contributed by atoms with Crippen molar-refractivity contribution < 1.29 is 24.0 Å². The summed E-state index contributed by atoms with van der Waals surface area (Å²) in [5.41, 5.74) is 1.08. The van der Waals surface area contributed by atoms with Gasteiger partial charge in [0.05, 0.1) is 21.3 Å². The number of methoxy groups -OCH3 is 2.